The summed E-state index contributed by atoms with van der Waals surface area (Å²) < 4.78 is 10.9. The summed E-state index contributed by atoms with van der Waals surface area (Å²) in [6.07, 6.45) is 5.12. The SMILES string of the molecule is COC1(OC)C[C@H]2CC[C@@H]1C2. The Morgan fingerprint density at radius 1 is 1.18 bits per heavy atom. The normalized spacial score (nSPS) is 39.8. The lowest BCUT2D eigenvalue weighted by atomic mass is 9.94. The standard InChI is InChI=1S/C9H16O2/c1-10-9(11-2)6-7-3-4-8(9)5-7/h7-8H,3-6H2,1-2H3/t7-,8+/m0/s1. The fraction of sp³-hybridized carbons (Fsp3) is 1.00. The Labute approximate surface area is 67.9 Å². The van der Waals surface area contributed by atoms with E-state index in [1.807, 2.05) is 0 Å². The molecule has 0 aromatic rings. The average Bonchev–Trinajstić information content (AvgIpc) is 2.62. The molecular formula is C9H16O2. The van der Waals surface area contributed by atoms with Crippen molar-refractivity contribution in [2.75, 3.05) is 14.2 Å². The molecule has 0 aromatic carbocycles. The van der Waals surface area contributed by atoms with E-state index in [-0.39, 0.29) is 5.79 Å². The van der Waals surface area contributed by atoms with Crippen LogP contribution in [0.25, 0.3) is 0 Å². The number of rotatable bonds is 2. The van der Waals surface area contributed by atoms with Gasteiger partial charge in [0, 0.05) is 26.6 Å². The zero-order valence-corrected chi connectivity index (χ0v) is 7.30. The first kappa shape index (κ1) is 7.56. The summed E-state index contributed by atoms with van der Waals surface area (Å²) in [7, 11) is 3.54. The van der Waals surface area contributed by atoms with Gasteiger partial charge in [0.1, 0.15) is 0 Å². The minimum absolute atomic E-state index is 0.205. The van der Waals surface area contributed by atoms with Crippen molar-refractivity contribution in [1.82, 2.24) is 0 Å². The molecule has 2 heteroatoms. The molecule has 2 bridgehead atoms. The molecule has 2 saturated carbocycles. The van der Waals surface area contributed by atoms with Crippen LogP contribution in [0.1, 0.15) is 25.7 Å². The third-order valence-corrected chi connectivity index (χ3v) is 3.43. The first-order chi connectivity index (χ1) is 5.30. The quantitative estimate of drug-likeness (QED) is 0.567. The fourth-order valence-electron chi connectivity index (χ4n) is 2.81. The molecule has 0 aliphatic heterocycles. The molecule has 11 heavy (non-hydrogen) atoms. The Morgan fingerprint density at radius 2 is 1.91 bits per heavy atom. The van der Waals surface area contributed by atoms with E-state index in [1.165, 1.54) is 19.3 Å². The number of ether oxygens (including phenoxy) is 2. The molecule has 0 aromatic heterocycles. The van der Waals surface area contributed by atoms with Gasteiger partial charge in [-0.15, -0.1) is 0 Å². The third kappa shape index (κ3) is 0.926. The monoisotopic (exact) mass is 156 g/mol. The summed E-state index contributed by atoms with van der Waals surface area (Å²) in [5.41, 5.74) is 0. The van der Waals surface area contributed by atoms with E-state index in [0.717, 1.165) is 12.3 Å². The van der Waals surface area contributed by atoms with Gasteiger partial charge >= 0.3 is 0 Å². The maximum atomic E-state index is 5.46. The highest BCUT2D eigenvalue weighted by Gasteiger charge is 2.51. The van der Waals surface area contributed by atoms with E-state index >= 15 is 0 Å². The van der Waals surface area contributed by atoms with Gasteiger partial charge < -0.3 is 9.47 Å². The van der Waals surface area contributed by atoms with Crippen LogP contribution in [-0.2, 0) is 9.47 Å². The molecule has 0 saturated heterocycles. The smallest absolute Gasteiger partial charge is 0.170 e. The molecule has 2 aliphatic rings. The number of hydrogen-bond acceptors (Lipinski definition) is 2. The molecule has 0 radical (unpaired) electrons. The Balaban J connectivity index is 2.14. The lowest BCUT2D eigenvalue weighted by Gasteiger charge is -2.34. The molecule has 2 fully saturated rings. The zero-order chi connectivity index (χ0) is 7.90. The molecule has 0 amide bonds. The second-order valence-corrected chi connectivity index (χ2v) is 3.80. The molecule has 2 aliphatic carbocycles. The van der Waals surface area contributed by atoms with Crippen molar-refractivity contribution in [2.24, 2.45) is 11.8 Å². The summed E-state index contributed by atoms with van der Waals surface area (Å²) in [6, 6.07) is 0. The van der Waals surface area contributed by atoms with E-state index in [0.29, 0.717) is 5.92 Å². The van der Waals surface area contributed by atoms with Crippen molar-refractivity contribution in [1.29, 1.82) is 0 Å². The summed E-state index contributed by atoms with van der Waals surface area (Å²) in [5, 5.41) is 0. The lowest BCUT2D eigenvalue weighted by molar-refractivity contribution is -0.235. The minimum atomic E-state index is -0.205. The van der Waals surface area contributed by atoms with Crippen LogP contribution >= 0.6 is 0 Å². The molecule has 0 heterocycles. The molecule has 0 unspecified atom stereocenters. The van der Waals surface area contributed by atoms with Crippen LogP contribution in [0.3, 0.4) is 0 Å². The first-order valence-electron chi connectivity index (χ1n) is 4.41. The Bertz CT molecular complexity index is 152. The Hall–Kier alpha value is -0.0800. The van der Waals surface area contributed by atoms with Gasteiger partial charge in [-0.25, -0.2) is 0 Å². The zero-order valence-electron chi connectivity index (χ0n) is 7.30. The lowest BCUT2D eigenvalue weighted by Crippen LogP contribution is -2.39. The van der Waals surface area contributed by atoms with Crippen LogP contribution in [0, 0.1) is 11.8 Å². The van der Waals surface area contributed by atoms with Gasteiger partial charge in [-0.2, -0.15) is 0 Å². The van der Waals surface area contributed by atoms with Crippen molar-refractivity contribution >= 4 is 0 Å². The van der Waals surface area contributed by atoms with Crippen molar-refractivity contribution in [2.45, 2.75) is 31.5 Å². The van der Waals surface area contributed by atoms with Crippen molar-refractivity contribution < 1.29 is 9.47 Å². The van der Waals surface area contributed by atoms with Crippen LogP contribution in [0.2, 0.25) is 0 Å². The largest absolute Gasteiger partial charge is 0.353 e. The predicted octanol–water partition coefficient (Wildman–Crippen LogP) is 1.80. The molecule has 64 valence electrons. The maximum absolute atomic E-state index is 5.46. The minimum Gasteiger partial charge on any atom is -0.353 e. The topological polar surface area (TPSA) is 18.5 Å². The average molecular weight is 156 g/mol. The van der Waals surface area contributed by atoms with E-state index in [9.17, 15) is 0 Å². The predicted molar refractivity (Wildman–Crippen MR) is 42.2 cm³/mol. The highest BCUT2D eigenvalue weighted by molar-refractivity contribution is 4.96. The van der Waals surface area contributed by atoms with Gasteiger partial charge in [0.15, 0.2) is 5.79 Å². The van der Waals surface area contributed by atoms with Gasteiger partial charge in [-0.3, -0.25) is 0 Å². The fourth-order valence-corrected chi connectivity index (χ4v) is 2.81. The number of fused-ring (bicyclic) bond motifs is 2. The first-order valence-corrected chi connectivity index (χ1v) is 4.41. The molecule has 2 atom stereocenters. The number of methoxy groups -OCH3 is 2. The van der Waals surface area contributed by atoms with Gasteiger partial charge in [0.2, 0.25) is 0 Å². The van der Waals surface area contributed by atoms with E-state index in [1.54, 1.807) is 14.2 Å². The van der Waals surface area contributed by atoms with E-state index in [4.69, 9.17) is 9.47 Å². The summed E-state index contributed by atoms with van der Waals surface area (Å²) in [4.78, 5) is 0. The molecule has 2 rings (SSSR count). The Kier molecular flexibility index (Phi) is 1.69. The van der Waals surface area contributed by atoms with Gasteiger partial charge in [-0.05, 0) is 25.2 Å². The van der Waals surface area contributed by atoms with Crippen LogP contribution < -0.4 is 0 Å². The van der Waals surface area contributed by atoms with Crippen molar-refractivity contribution in [3.05, 3.63) is 0 Å². The molecule has 2 nitrogen and oxygen atoms in total. The van der Waals surface area contributed by atoms with E-state index in [2.05, 4.69) is 0 Å². The second-order valence-electron chi connectivity index (χ2n) is 3.80. The maximum Gasteiger partial charge on any atom is 0.170 e. The number of hydrogen-bond donors (Lipinski definition) is 0. The summed E-state index contributed by atoms with van der Waals surface area (Å²) in [5.74, 6) is 1.34. The van der Waals surface area contributed by atoms with E-state index < -0.39 is 0 Å². The van der Waals surface area contributed by atoms with Gasteiger partial charge in [-0.1, -0.05) is 0 Å². The third-order valence-electron chi connectivity index (χ3n) is 3.43. The van der Waals surface area contributed by atoms with Crippen molar-refractivity contribution in [3.8, 4) is 0 Å². The van der Waals surface area contributed by atoms with Crippen LogP contribution in [0.15, 0.2) is 0 Å². The van der Waals surface area contributed by atoms with Crippen LogP contribution in [0.5, 0.6) is 0 Å². The van der Waals surface area contributed by atoms with Crippen LogP contribution in [-0.4, -0.2) is 20.0 Å². The summed E-state index contributed by atoms with van der Waals surface area (Å²) in [6.45, 7) is 0. The van der Waals surface area contributed by atoms with Gasteiger partial charge in [0.05, 0.1) is 0 Å². The molecule has 0 N–H and O–H groups in total. The molecule has 0 spiro atoms. The second kappa shape index (κ2) is 2.46. The Morgan fingerprint density at radius 3 is 2.18 bits per heavy atom. The van der Waals surface area contributed by atoms with Gasteiger partial charge in [0.25, 0.3) is 0 Å². The highest BCUT2D eigenvalue weighted by atomic mass is 16.7. The van der Waals surface area contributed by atoms with Crippen molar-refractivity contribution in [3.63, 3.8) is 0 Å². The van der Waals surface area contributed by atoms with Crippen LogP contribution in [0.4, 0.5) is 0 Å². The highest BCUT2D eigenvalue weighted by Crippen LogP contribution is 2.52. The summed E-state index contributed by atoms with van der Waals surface area (Å²) >= 11 is 0. The molecular weight excluding hydrogens is 140 g/mol.